The number of imidazole rings is 1. The number of rotatable bonds is 3. The minimum Gasteiger partial charge on any atom is -0.381 e. The maximum atomic E-state index is 13.5. The van der Waals surface area contributed by atoms with Crippen LogP contribution in [0.5, 0.6) is 0 Å². The van der Waals surface area contributed by atoms with Crippen LogP contribution >= 0.6 is 0 Å². The number of aryl methyl sites for hydroxylation is 1. The summed E-state index contributed by atoms with van der Waals surface area (Å²) in [5.74, 6) is -0.982. The minimum atomic E-state index is -0.810. The van der Waals surface area contributed by atoms with Crippen LogP contribution in [-0.2, 0) is 13.6 Å². The molecule has 0 fully saturated rings. The number of carbonyl (C=O) groups is 1. The van der Waals surface area contributed by atoms with E-state index in [1.807, 2.05) is 0 Å². The molecule has 0 saturated heterocycles. The first kappa shape index (κ1) is 12.0. The molecular formula is C11H12FN5O. The van der Waals surface area contributed by atoms with Gasteiger partial charge in [-0.15, -0.1) is 0 Å². The van der Waals surface area contributed by atoms with Crippen molar-refractivity contribution in [1.29, 1.82) is 0 Å². The van der Waals surface area contributed by atoms with Crippen molar-refractivity contribution in [2.24, 2.45) is 7.05 Å². The van der Waals surface area contributed by atoms with Crippen molar-refractivity contribution in [3.8, 4) is 0 Å². The first-order chi connectivity index (χ1) is 8.59. The zero-order valence-corrected chi connectivity index (χ0v) is 9.72. The Kier molecular flexibility index (Phi) is 3.22. The first-order valence-corrected chi connectivity index (χ1v) is 5.24. The molecular weight excluding hydrogens is 237 g/mol. The molecule has 0 bridgehead atoms. The van der Waals surface area contributed by atoms with E-state index in [1.165, 1.54) is 12.3 Å². The van der Waals surface area contributed by atoms with Crippen molar-refractivity contribution >= 4 is 11.7 Å². The Hall–Kier alpha value is -2.44. The monoisotopic (exact) mass is 249 g/mol. The molecule has 0 aromatic carbocycles. The summed E-state index contributed by atoms with van der Waals surface area (Å²) in [7, 11) is 1.81. The van der Waals surface area contributed by atoms with Gasteiger partial charge in [0.05, 0.1) is 12.1 Å². The van der Waals surface area contributed by atoms with Gasteiger partial charge in [-0.05, 0) is 6.07 Å². The van der Waals surface area contributed by atoms with E-state index in [0.717, 1.165) is 0 Å². The lowest BCUT2D eigenvalue weighted by Crippen LogP contribution is -2.25. The number of anilines is 1. The Balaban J connectivity index is 2.09. The largest absolute Gasteiger partial charge is 0.381 e. The SMILES string of the molecule is Cn1ccnc1CNC(=O)c1ccnc(N)c1F. The van der Waals surface area contributed by atoms with Gasteiger partial charge >= 0.3 is 0 Å². The third-order valence-corrected chi connectivity index (χ3v) is 2.49. The summed E-state index contributed by atoms with van der Waals surface area (Å²) in [4.78, 5) is 19.3. The maximum absolute atomic E-state index is 13.5. The number of amides is 1. The standard InChI is InChI=1S/C11H12FN5O/c1-17-5-4-14-8(17)6-16-11(18)7-2-3-15-10(13)9(7)12/h2-5H,6H2,1H3,(H2,13,15)(H,16,18). The molecule has 0 atom stereocenters. The number of nitrogen functional groups attached to an aromatic ring is 1. The number of aromatic nitrogens is 3. The van der Waals surface area contributed by atoms with Gasteiger partial charge in [0.15, 0.2) is 11.6 Å². The quantitative estimate of drug-likeness (QED) is 0.827. The molecule has 3 N–H and O–H groups in total. The fraction of sp³-hybridized carbons (Fsp3) is 0.182. The molecule has 18 heavy (non-hydrogen) atoms. The Labute approximate surface area is 103 Å². The van der Waals surface area contributed by atoms with Crippen molar-refractivity contribution in [3.05, 3.63) is 41.9 Å². The summed E-state index contributed by atoms with van der Waals surface area (Å²) in [6.45, 7) is 0.212. The molecule has 0 aliphatic heterocycles. The Morgan fingerprint density at radius 1 is 1.50 bits per heavy atom. The summed E-state index contributed by atoms with van der Waals surface area (Å²) >= 11 is 0. The van der Waals surface area contributed by atoms with Crippen LogP contribution in [0.25, 0.3) is 0 Å². The van der Waals surface area contributed by atoms with Crippen LogP contribution in [-0.4, -0.2) is 20.4 Å². The maximum Gasteiger partial charge on any atom is 0.254 e. The zero-order valence-electron chi connectivity index (χ0n) is 9.72. The van der Waals surface area contributed by atoms with Gasteiger partial charge in [-0.3, -0.25) is 4.79 Å². The van der Waals surface area contributed by atoms with Gasteiger partial charge in [-0.2, -0.15) is 0 Å². The highest BCUT2D eigenvalue weighted by Gasteiger charge is 2.14. The number of nitrogens with zero attached hydrogens (tertiary/aromatic N) is 3. The lowest BCUT2D eigenvalue weighted by Gasteiger charge is -2.06. The van der Waals surface area contributed by atoms with Gasteiger partial charge < -0.3 is 15.6 Å². The average molecular weight is 249 g/mol. The van der Waals surface area contributed by atoms with Crippen LogP contribution in [0.1, 0.15) is 16.2 Å². The smallest absolute Gasteiger partial charge is 0.254 e. The number of nitrogens with two attached hydrogens (primary N) is 1. The van der Waals surface area contributed by atoms with Crippen molar-refractivity contribution in [2.75, 3.05) is 5.73 Å². The number of pyridine rings is 1. The van der Waals surface area contributed by atoms with E-state index in [-0.39, 0.29) is 17.9 Å². The van der Waals surface area contributed by atoms with Crippen LogP contribution < -0.4 is 11.1 Å². The second kappa shape index (κ2) is 4.82. The van der Waals surface area contributed by atoms with Crippen molar-refractivity contribution in [1.82, 2.24) is 19.9 Å². The molecule has 0 radical (unpaired) electrons. The highest BCUT2D eigenvalue weighted by Crippen LogP contribution is 2.11. The Bertz CT molecular complexity index is 581. The van der Waals surface area contributed by atoms with Gasteiger partial charge in [-0.25, -0.2) is 14.4 Å². The summed E-state index contributed by atoms with van der Waals surface area (Å²) in [5.41, 5.74) is 5.16. The van der Waals surface area contributed by atoms with E-state index in [9.17, 15) is 9.18 Å². The van der Waals surface area contributed by atoms with Crippen molar-refractivity contribution in [2.45, 2.75) is 6.54 Å². The molecule has 2 heterocycles. The molecule has 0 aliphatic carbocycles. The van der Waals surface area contributed by atoms with Crippen molar-refractivity contribution < 1.29 is 9.18 Å². The van der Waals surface area contributed by atoms with E-state index < -0.39 is 11.7 Å². The van der Waals surface area contributed by atoms with Crippen LogP contribution in [0.15, 0.2) is 24.7 Å². The summed E-state index contributed by atoms with van der Waals surface area (Å²) in [6, 6.07) is 1.28. The van der Waals surface area contributed by atoms with Gasteiger partial charge in [-0.1, -0.05) is 0 Å². The van der Waals surface area contributed by atoms with Crippen LogP contribution in [0.3, 0.4) is 0 Å². The summed E-state index contributed by atoms with van der Waals surface area (Å²) in [5, 5.41) is 2.56. The van der Waals surface area contributed by atoms with E-state index in [0.29, 0.717) is 5.82 Å². The number of nitrogens with one attached hydrogen (secondary N) is 1. The van der Waals surface area contributed by atoms with Gasteiger partial charge in [0, 0.05) is 25.6 Å². The van der Waals surface area contributed by atoms with Crippen LogP contribution in [0.4, 0.5) is 10.2 Å². The topological polar surface area (TPSA) is 85.8 Å². The lowest BCUT2D eigenvalue weighted by molar-refractivity contribution is 0.0945. The molecule has 0 aliphatic rings. The molecule has 7 heteroatoms. The second-order valence-electron chi connectivity index (χ2n) is 3.69. The normalized spacial score (nSPS) is 10.3. The molecule has 1 amide bonds. The molecule has 2 aromatic rings. The first-order valence-electron chi connectivity index (χ1n) is 5.24. The summed E-state index contributed by atoms with van der Waals surface area (Å²) in [6.07, 6.45) is 4.66. The fourth-order valence-electron chi connectivity index (χ4n) is 1.46. The zero-order chi connectivity index (χ0) is 13.1. The molecule has 0 spiro atoms. The second-order valence-corrected chi connectivity index (χ2v) is 3.69. The van der Waals surface area contributed by atoms with E-state index in [2.05, 4.69) is 15.3 Å². The predicted molar refractivity (Wildman–Crippen MR) is 63.0 cm³/mol. The van der Waals surface area contributed by atoms with Gasteiger partial charge in [0.25, 0.3) is 5.91 Å². The van der Waals surface area contributed by atoms with E-state index >= 15 is 0 Å². The fourth-order valence-corrected chi connectivity index (χ4v) is 1.46. The highest BCUT2D eigenvalue weighted by molar-refractivity contribution is 5.94. The number of halogens is 1. The van der Waals surface area contributed by atoms with Crippen LogP contribution in [0.2, 0.25) is 0 Å². The van der Waals surface area contributed by atoms with Crippen LogP contribution in [0, 0.1) is 5.82 Å². The molecule has 2 rings (SSSR count). The molecule has 94 valence electrons. The minimum absolute atomic E-state index is 0.128. The Morgan fingerprint density at radius 3 is 2.94 bits per heavy atom. The number of carbonyl (C=O) groups excluding carboxylic acids is 1. The predicted octanol–water partition coefficient (Wildman–Crippen LogP) is 0.466. The van der Waals surface area contributed by atoms with Crippen molar-refractivity contribution in [3.63, 3.8) is 0 Å². The molecule has 6 nitrogen and oxygen atoms in total. The van der Waals surface area contributed by atoms with E-state index in [1.54, 1.807) is 24.0 Å². The molecule has 0 saturated carbocycles. The Morgan fingerprint density at radius 2 is 2.28 bits per heavy atom. The average Bonchev–Trinajstić information content (AvgIpc) is 2.75. The third kappa shape index (κ3) is 2.29. The lowest BCUT2D eigenvalue weighted by atomic mass is 10.2. The number of hydrogen-bond acceptors (Lipinski definition) is 4. The van der Waals surface area contributed by atoms with Gasteiger partial charge in [0.2, 0.25) is 0 Å². The van der Waals surface area contributed by atoms with Gasteiger partial charge in [0.1, 0.15) is 5.82 Å². The van der Waals surface area contributed by atoms with E-state index in [4.69, 9.17) is 5.73 Å². The number of hydrogen-bond donors (Lipinski definition) is 2. The highest BCUT2D eigenvalue weighted by atomic mass is 19.1. The summed E-state index contributed by atoms with van der Waals surface area (Å²) < 4.78 is 15.3. The molecule has 0 unspecified atom stereocenters. The third-order valence-electron chi connectivity index (χ3n) is 2.49. The molecule has 2 aromatic heterocycles.